The summed E-state index contributed by atoms with van der Waals surface area (Å²) in [5, 5.41) is -0.0472. The molecule has 2 atom stereocenters. The highest BCUT2D eigenvalue weighted by Crippen LogP contribution is 2.40. The standard InChI is InChI=1S/C33H39ClF3N5O2/c1-3-24-19-40(32(43)26-9-7-23(34)18-28(26)33(35,36)37)16-17-41(24)25-8-10-29(27-6-5-13-38-31(27)44-4-2)42(20-25)30-21-39-14-11-22(30)12-15-39/h5-10,13,18,22,24,30H,3-4,11-12,14-17,19-21H2,1-2H3/t24-,30-/m1/s1. The van der Waals surface area contributed by atoms with Crippen molar-refractivity contribution in [3.8, 4) is 5.88 Å². The van der Waals surface area contributed by atoms with Crippen LogP contribution in [0.5, 0.6) is 5.88 Å². The second-order valence-electron chi connectivity index (χ2n) is 12.0. The summed E-state index contributed by atoms with van der Waals surface area (Å²) < 4.78 is 47.3. The number of allylic oxidation sites excluding steroid dienone is 2. The van der Waals surface area contributed by atoms with Gasteiger partial charge in [0, 0.05) is 55.2 Å². The van der Waals surface area contributed by atoms with E-state index in [1.54, 1.807) is 11.1 Å². The van der Waals surface area contributed by atoms with Crippen LogP contribution in [0.1, 0.15) is 54.6 Å². The van der Waals surface area contributed by atoms with Crippen molar-refractivity contribution in [1.29, 1.82) is 0 Å². The molecule has 1 amide bonds. The number of piperazine rings is 1. The maximum Gasteiger partial charge on any atom is 0.417 e. The van der Waals surface area contributed by atoms with Crippen LogP contribution in [0.3, 0.4) is 0 Å². The zero-order valence-electron chi connectivity index (χ0n) is 25.2. The molecule has 0 spiro atoms. The number of piperidine rings is 3. The highest BCUT2D eigenvalue weighted by atomic mass is 35.5. The first-order valence-electron chi connectivity index (χ1n) is 15.6. The largest absolute Gasteiger partial charge is 0.477 e. The lowest BCUT2D eigenvalue weighted by Gasteiger charge is -2.52. The molecule has 44 heavy (non-hydrogen) atoms. The molecule has 2 aromatic rings. The molecule has 7 rings (SSSR count). The molecule has 4 fully saturated rings. The van der Waals surface area contributed by atoms with E-state index in [0.29, 0.717) is 50.6 Å². The molecule has 1 aromatic heterocycles. The fraction of sp³-hybridized carbons (Fsp3) is 0.515. The number of benzene rings is 1. The van der Waals surface area contributed by atoms with Gasteiger partial charge in [-0.1, -0.05) is 18.5 Å². The van der Waals surface area contributed by atoms with E-state index in [4.69, 9.17) is 16.3 Å². The number of carbonyl (C=O) groups excluding carboxylic acids is 1. The van der Waals surface area contributed by atoms with Crippen LogP contribution >= 0.6 is 11.6 Å². The molecule has 1 aromatic carbocycles. The molecule has 0 unspecified atom stereocenters. The monoisotopic (exact) mass is 629 g/mol. The molecule has 5 aliphatic heterocycles. The third kappa shape index (κ3) is 6.03. The molecule has 11 heteroatoms. The topological polar surface area (TPSA) is 52.2 Å². The van der Waals surface area contributed by atoms with Crippen LogP contribution in [-0.2, 0) is 6.18 Å². The van der Waals surface area contributed by atoms with Crippen LogP contribution in [0, 0.1) is 5.92 Å². The second kappa shape index (κ2) is 12.6. The van der Waals surface area contributed by atoms with Gasteiger partial charge in [-0.15, -0.1) is 0 Å². The Hall–Kier alpha value is -3.24. The summed E-state index contributed by atoms with van der Waals surface area (Å²) in [4.78, 5) is 27.0. The molecule has 0 radical (unpaired) electrons. The zero-order chi connectivity index (χ0) is 31.0. The Bertz CT molecular complexity index is 1440. The number of halogens is 4. The SMILES string of the molecule is CCOc1ncccc1C1=CC=C(N2CCN(C(=O)c3ccc(Cl)cc3C(F)(F)F)C[C@H]2CC)CN1[C@@H]1CN2CCC1CC2. The van der Waals surface area contributed by atoms with Crippen molar-refractivity contribution in [2.24, 2.45) is 5.92 Å². The number of fused-ring (bicyclic) bond motifs is 3. The van der Waals surface area contributed by atoms with Gasteiger partial charge in [-0.3, -0.25) is 4.79 Å². The van der Waals surface area contributed by atoms with E-state index in [1.807, 2.05) is 13.0 Å². The van der Waals surface area contributed by atoms with Gasteiger partial charge in [-0.2, -0.15) is 13.2 Å². The third-order valence-electron chi connectivity index (χ3n) is 9.55. The number of pyridine rings is 1. The Kier molecular flexibility index (Phi) is 8.84. The van der Waals surface area contributed by atoms with E-state index in [1.165, 1.54) is 25.0 Å². The minimum atomic E-state index is -4.67. The van der Waals surface area contributed by atoms with Crippen LogP contribution in [0.15, 0.2) is 54.4 Å². The van der Waals surface area contributed by atoms with Crippen molar-refractivity contribution in [3.63, 3.8) is 0 Å². The van der Waals surface area contributed by atoms with Gasteiger partial charge >= 0.3 is 6.18 Å². The van der Waals surface area contributed by atoms with E-state index in [9.17, 15) is 18.0 Å². The number of hydrogen-bond acceptors (Lipinski definition) is 6. The van der Waals surface area contributed by atoms with Crippen molar-refractivity contribution in [1.82, 2.24) is 24.6 Å². The van der Waals surface area contributed by atoms with Gasteiger partial charge in [0.1, 0.15) is 0 Å². The first-order valence-corrected chi connectivity index (χ1v) is 16.0. The summed E-state index contributed by atoms with van der Waals surface area (Å²) in [6, 6.07) is 7.72. The van der Waals surface area contributed by atoms with Crippen molar-refractivity contribution in [2.45, 2.75) is 51.4 Å². The van der Waals surface area contributed by atoms with Crippen molar-refractivity contribution < 1.29 is 22.7 Å². The number of aromatic nitrogens is 1. The van der Waals surface area contributed by atoms with Crippen LogP contribution in [0.4, 0.5) is 13.2 Å². The first-order chi connectivity index (χ1) is 21.2. The molecular weight excluding hydrogens is 591 g/mol. The van der Waals surface area contributed by atoms with E-state index in [-0.39, 0.29) is 16.6 Å². The Morgan fingerprint density at radius 3 is 2.52 bits per heavy atom. The summed E-state index contributed by atoms with van der Waals surface area (Å²) >= 11 is 5.87. The highest BCUT2D eigenvalue weighted by molar-refractivity contribution is 6.30. The van der Waals surface area contributed by atoms with Crippen molar-refractivity contribution in [3.05, 3.63) is 76.1 Å². The van der Waals surface area contributed by atoms with Crippen LogP contribution in [0.2, 0.25) is 5.02 Å². The maximum atomic E-state index is 13.8. The zero-order valence-corrected chi connectivity index (χ0v) is 25.9. The lowest BCUT2D eigenvalue weighted by molar-refractivity contribution is -0.138. The predicted octanol–water partition coefficient (Wildman–Crippen LogP) is 6.02. The van der Waals surface area contributed by atoms with Gasteiger partial charge in [0.05, 0.1) is 35.5 Å². The number of rotatable bonds is 7. The van der Waals surface area contributed by atoms with E-state index in [2.05, 4.69) is 44.8 Å². The van der Waals surface area contributed by atoms with Gasteiger partial charge in [0.25, 0.3) is 5.91 Å². The van der Waals surface area contributed by atoms with Crippen LogP contribution in [0.25, 0.3) is 5.70 Å². The highest BCUT2D eigenvalue weighted by Gasteiger charge is 2.42. The lowest BCUT2D eigenvalue weighted by Crippen LogP contribution is -2.59. The molecule has 0 aliphatic carbocycles. The van der Waals surface area contributed by atoms with Gasteiger partial charge in [-0.25, -0.2) is 4.98 Å². The minimum Gasteiger partial charge on any atom is -0.477 e. The second-order valence-corrected chi connectivity index (χ2v) is 12.5. The number of alkyl halides is 3. The number of ether oxygens (including phenoxy) is 1. The number of carbonyl (C=O) groups is 1. The number of amides is 1. The summed E-state index contributed by atoms with van der Waals surface area (Å²) in [6.45, 7) is 9.79. The quantitative estimate of drug-likeness (QED) is 0.373. The Morgan fingerprint density at radius 2 is 1.84 bits per heavy atom. The molecule has 0 N–H and O–H groups in total. The molecule has 0 saturated carbocycles. The molecule has 6 heterocycles. The molecule has 7 nitrogen and oxygen atoms in total. The van der Waals surface area contributed by atoms with Crippen LogP contribution in [-0.4, -0.2) is 95.0 Å². The fourth-order valence-corrected chi connectivity index (χ4v) is 7.48. The van der Waals surface area contributed by atoms with E-state index < -0.39 is 17.6 Å². The van der Waals surface area contributed by atoms with Crippen molar-refractivity contribution in [2.75, 3.05) is 52.4 Å². The van der Waals surface area contributed by atoms with Crippen LogP contribution < -0.4 is 4.74 Å². The number of hydrogen-bond donors (Lipinski definition) is 0. The average molecular weight is 630 g/mol. The lowest BCUT2D eigenvalue weighted by atomic mass is 9.82. The van der Waals surface area contributed by atoms with Gasteiger partial charge in [0.2, 0.25) is 5.88 Å². The van der Waals surface area contributed by atoms with E-state index in [0.717, 1.165) is 49.1 Å². The van der Waals surface area contributed by atoms with Crippen molar-refractivity contribution >= 4 is 23.2 Å². The maximum absolute atomic E-state index is 13.8. The normalized spacial score (nSPS) is 25.5. The Labute approximate surface area is 261 Å². The van der Waals surface area contributed by atoms with E-state index >= 15 is 0 Å². The Balaban J connectivity index is 1.27. The molecule has 4 saturated heterocycles. The predicted molar refractivity (Wildman–Crippen MR) is 164 cm³/mol. The molecule has 236 valence electrons. The fourth-order valence-electron chi connectivity index (χ4n) is 7.31. The average Bonchev–Trinajstić information content (AvgIpc) is 3.04. The molecule has 2 bridgehead atoms. The smallest absolute Gasteiger partial charge is 0.417 e. The summed E-state index contributed by atoms with van der Waals surface area (Å²) in [6.07, 6.45) is 4.53. The number of nitrogens with zero attached hydrogens (tertiary/aromatic N) is 5. The third-order valence-corrected chi connectivity index (χ3v) is 9.79. The van der Waals surface area contributed by atoms with Gasteiger partial charge in [0.15, 0.2) is 0 Å². The summed E-state index contributed by atoms with van der Waals surface area (Å²) in [7, 11) is 0. The molecule has 5 aliphatic rings. The Morgan fingerprint density at radius 1 is 1.05 bits per heavy atom. The first kappa shape index (κ1) is 30.8. The summed E-state index contributed by atoms with van der Waals surface area (Å²) in [5.74, 6) is 0.623. The van der Waals surface area contributed by atoms with Gasteiger partial charge in [-0.05, 0) is 87.7 Å². The minimum absolute atomic E-state index is 0.0266. The molecular formula is C33H39ClF3N5O2. The van der Waals surface area contributed by atoms with Gasteiger partial charge < -0.3 is 24.3 Å². The summed E-state index contributed by atoms with van der Waals surface area (Å²) in [5.41, 5.74) is 1.90.